The third-order valence-electron chi connectivity index (χ3n) is 3.26. The summed E-state index contributed by atoms with van der Waals surface area (Å²) in [7, 11) is 0. The maximum Gasteiger partial charge on any atom is 0.137 e. The molecular weight excluding hydrogens is 260 g/mol. The summed E-state index contributed by atoms with van der Waals surface area (Å²) in [5.74, 6) is 0.802. The molecule has 1 atom stereocenters. The molecule has 1 heterocycles. The van der Waals surface area contributed by atoms with E-state index in [4.69, 9.17) is 5.73 Å². The number of nitrogens with two attached hydrogens (primary N) is 1. The van der Waals surface area contributed by atoms with Crippen molar-refractivity contribution in [1.29, 1.82) is 0 Å². The lowest BCUT2D eigenvalue weighted by atomic mass is 10.0. The van der Waals surface area contributed by atoms with Gasteiger partial charge in [-0.3, -0.25) is 0 Å². The quantitative estimate of drug-likeness (QED) is 0.765. The third kappa shape index (κ3) is 3.55. The molecule has 1 aromatic carbocycles. The molecule has 21 heavy (non-hydrogen) atoms. The van der Waals surface area contributed by atoms with Crippen LogP contribution >= 0.6 is 0 Å². The van der Waals surface area contributed by atoms with Gasteiger partial charge in [0.05, 0.1) is 11.6 Å². The molecule has 0 fully saturated rings. The number of hydrogen-bond donors (Lipinski definition) is 2. The second-order valence-corrected chi connectivity index (χ2v) is 4.62. The van der Waals surface area contributed by atoms with Crippen molar-refractivity contribution in [1.82, 2.24) is 9.97 Å². The second kappa shape index (κ2) is 7.36. The van der Waals surface area contributed by atoms with E-state index >= 15 is 0 Å². The number of hydrogen-bond acceptors (Lipinski definition) is 4. The second-order valence-electron chi connectivity index (χ2n) is 4.62. The average molecular weight is 280 g/mol. The highest BCUT2D eigenvalue weighted by atomic mass is 15.0. The topological polar surface area (TPSA) is 63.8 Å². The van der Waals surface area contributed by atoms with Gasteiger partial charge in [-0.25, -0.2) is 9.97 Å². The van der Waals surface area contributed by atoms with Gasteiger partial charge in [-0.1, -0.05) is 43.5 Å². The third-order valence-corrected chi connectivity index (χ3v) is 3.26. The molecule has 0 bridgehead atoms. The smallest absolute Gasteiger partial charge is 0.137 e. The van der Waals surface area contributed by atoms with Crippen molar-refractivity contribution in [3.8, 4) is 0 Å². The van der Waals surface area contributed by atoms with E-state index in [2.05, 4.69) is 28.4 Å². The van der Waals surface area contributed by atoms with Gasteiger partial charge in [-0.15, -0.1) is 0 Å². The van der Waals surface area contributed by atoms with Crippen molar-refractivity contribution in [2.45, 2.75) is 12.5 Å². The predicted molar refractivity (Wildman–Crippen MR) is 89.1 cm³/mol. The summed E-state index contributed by atoms with van der Waals surface area (Å²) in [6.07, 6.45) is 7.85. The molecule has 0 aliphatic rings. The van der Waals surface area contributed by atoms with Gasteiger partial charge in [0.2, 0.25) is 0 Å². The van der Waals surface area contributed by atoms with Crippen LogP contribution in [0.3, 0.4) is 0 Å². The van der Waals surface area contributed by atoms with E-state index in [1.807, 2.05) is 36.4 Å². The van der Waals surface area contributed by atoms with Crippen LogP contribution in [0.2, 0.25) is 0 Å². The Labute approximate surface area is 125 Å². The predicted octanol–water partition coefficient (Wildman–Crippen LogP) is 3.06. The number of para-hydroxylation sites is 1. The van der Waals surface area contributed by atoms with E-state index in [1.165, 1.54) is 0 Å². The van der Waals surface area contributed by atoms with Gasteiger partial charge in [0.1, 0.15) is 12.1 Å². The van der Waals surface area contributed by atoms with E-state index in [-0.39, 0.29) is 6.04 Å². The summed E-state index contributed by atoms with van der Waals surface area (Å²) in [4.78, 5) is 8.63. The number of nitrogens with zero attached hydrogens (tertiary/aromatic N) is 2. The summed E-state index contributed by atoms with van der Waals surface area (Å²) in [6, 6.07) is 7.95. The summed E-state index contributed by atoms with van der Waals surface area (Å²) in [5.41, 5.74) is 7.68. The Morgan fingerprint density at radius 1 is 1.29 bits per heavy atom. The van der Waals surface area contributed by atoms with Crippen LogP contribution in [0.5, 0.6) is 0 Å². The van der Waals surface area contributed by atoms with Crippen LogP contribution in [0.25, 0.3) is 10.9 Å². The number of rotatable bonds is 7. The number of anilines is 1. The molecule has 0 unspecified atom stereocenters. The Bertz CT molecular complexity index is 655. The van der Waals surface area contributed by atoms with Gasteiger partial charge in [0.25, 0.3) is 0 Å². The first-order valence-corrected chi connectivity index (χ1v) is 6.91. The summed E-state index contributed by atoms with van der Waals surface area (Å²) < 4.78 is 0. The molecule has 0 amide bonds. The Morgan fingerprint density at radius 3 is 2.81 bits per heavy atom. The van der Waals surface area contributed by atoms with Gasteiger partial charge >= 0.3 is 0 Å². The van der Waals surface area contributed by atoms with Gasteiger partial charge in [0.15, 0.2) is 0 Å². The molecule has 2 rings (SSSR count). The van der Waals surface area contributed by atoms with Gasteiger partial charge in [-0.2, -0.15) is 0 Å². The van der Waals surface area contributed by atoms with Crippen molar-refractivity contribution in [3.63, 3.8) is 0 Å². The largest absolute Gasteiger partial charge is 0.363 e. The summed E-state index contributed by atoms with van der Waals surface area (Å²) >= 11 is 0. The standard InChI is InChI=1S/C17H20N4/c1-3-7-13(4-2)15(10-11-18)21-17-14-8-5-6-9-16(14)19-12-20-17/h3-9,12,15H,1-2,10-11,18H2,(H,19,20,21)/b13-7+/t15-/m1/s1. The molecule has 0 radical (unpaired) electrons. The summed E-state index contributed by atoms with van der Waals surface area (Å²) in [5, 5.41) is 4.43. The molecule has 0 spiro atoms. The molecule has 3 N–H and O–H groups in total. The van der Waals surface area contributed by atoms with E-state index in [9.17, 15) is 0 Å². The molecule has 1 aromatic heterocycles. The van der Waals surface area contributed by atoms with Gasteiger partial charge in [0, 0.05) is 5.39 Å². The Hall–Kier alpha value is -2.46. The summed E-state index contributed by atoms with van der Waals surface area (Å²) in [6.45, 7) is 8.17. The number of fused-ring (bicyclic) bond motifs is 1. The van der Waals surface area contributed by atoms with Crippen LogP contribution in [-0.2, 0) is 0 Å². The van der Waals surface area contributed by atoms with E-state index in [1.54, 1.807) is 12.4 Å². The number of nitrogens with one attached hydrogen (secondary N) is 1. The zero-order valence-electron chi connectivity index (χ0n) is 12.0. The first-order chi connectivity index (χ1) is 10.3. The fourth-order valence-electron chi connectivity index (χ4n) is 2.24. The van der Waals surface area contributed by atoms with E-state index in [0.717, 1.165) is 28.7 Å². The fourth-order valence-corrected chi connectivity index (χ4v) is 2.24. The molecular formula is C17H20N4. The van der Waals surface area contributed by atoms with Crippen LogP contribution in [0.15, 0.2) is 67.6 Å². The van der Waals surface area contributed by atoms with Crippen molar-refractivity contribution in [2.75, 3.05) is 11.9 Å². The van der Waals surface area contributed by atoms with Gasteiger partial charge < -0.3 is 11.1 Å². The minimum atomic E-state index is 0.0452. The van der Waals surface area contributed by atoms with Crippen molar-refractivity contribution in [2.24, 2.45) is 5.73 Å². The minimum Gasteiger partial charge on any atom is -0.363 e. The highest BCUT2D eigenvalue weighted by Gasteiger charge is 2.13. The zero-order chi connectivity index (χ0) is 15.1. The van der Waals surface area contributed by atoms with Crippen LogP contribution in [0.1, 0.15) is 6.42 Å². The normalized spacial score (nSPS) is 12.9. The lowest BCUT2D eigenvalue weighted by Gasteiger charge is -2.20. The van der Waals surface area contributed by atoms with Crippen molar-refractivity contribution in [3.05, 3.63) is 67.6 Å². The Morgan fingerprint density at radius 2 is 2.10 bits per heavy atom. The first-order valence-electron chi connectivity index (χ1n) is 6.91. The Kier molecular flexibility index (Phi) is 5.23. The van der Waals surface area contributed by atoms with Crippen molar-refractivity contribution >= 4 is 16.7 Å². The average Bonchev–Trinajstić information content (AvgIpc) is 2.52. The maximum atomic E-state index is 5.72. The fraction of sp³-hybridized carbons (Fsp3) is 0.176. The molecule has 4 heteroatoms. The molecule has 4 nitrogen and oxygen atoms in total. The van der Waals surface area contributed by atoms with E-state index in [0.29, 0.717) is 6.54 Å². The van der Waals surface area contributed by atoms with Crippen LogP contribution in [0, 0.1) is 0 Å². The van der Waals surface area contributed by atoms with E-state index < -0.39 is 0 Å². The number of aromatic nitrogens is 2. The molecule has 0 saturated carbocycles. The highest BCUT2D eigenvalue weighted by molar-refractivity contribution is 5.88. The van der Waals surface area contributed by atoms with Crippen LogP contribution in [-0.4, -0.2) is 22.6 Å². The van der Waals surface area contributed by atoms with Crippen LogP contribution < -0.4 is 11.1 Å². The SMILES string of the molecule is C=C/C=C(\C=C)[C@@H](CCN)Nc1ncnc2ccccc12. The highest BCUT2D eigenvalue weighted by Crippen LogP contribution is 2.21. The number of allylic oxidation sites excluding steroid dienone is 2. The Balaban J connectivity index is 2.37. The molecule has 108 valence electrons. The van der Waals surface area contributed by atoms with Crippen molar-refractivity contribution < 1.29 is 0 Å². The maximum absolute atomic E-state index is 5.72. The molecule has 0 aliphatic carbocycles. The monoisotopic (exact) mass is 280 g/mol. The van der Waals surface area contributed by atoms with Crippen LogP contribution in [0.4, 0.5) is 5.82 Å². The zero-order valence-corrected chi connectivity index (χ0v) is 12.0. The molecule has 0 aliphatic heterocycles. The lowest BCUT2D eigenvalue weighted by molar-refractivity contribution is 0.747. The first kappa shape index (κ1) is 14.9. The number of benzene rings is 1. The molecule has 2 aromatic rings. The lowest BCUT2D eigenvalue weighted by Crippen LogP contribution is -2.25. The molecule has 0 saturated heterocycles. The van der Waals surface area contributed by atoms with Gasteiger partial charge in [-0.05, 0) is 30.7 Å². The minimum absolute atomic E-state index is 0.0452.